The van der Waals surface area contributed by atoms with E-state index in [1.54, 1.807) is 11.3 Å². The minimum absolute atomic E-state index is 0.325. The monoisotopic (exact) mass is 280 g/mol. The Hall–Kier alpha value is -0.710. The van der Waals surface area contributed by atoms with E-state index in [0.29, 0.717) is 12.1 Å². The summed E-state index contributed by atoms with van der Waals surface area (Å²) >= 11 is 3.61. The number of aryl methyl sites for hydroxylation is 2. The summed E-state index contributed by atoms with van der Waals surface area (Å²) in [6, 6.07) is 5.22. The van der Waals surface area contributed by atoms with Crippen molar-refractivity contribution in [2.75, 3.05) is 0 Å². The van der Waals surface area contributed by atoms with Crippen molar-refractivity contribution >= 4 is 22.7 Å². The third-order valence-electron chi connectivity index (χ3n) is 2.92. The zero-order valence-electron chi connectivity index (χ0n) is 11.4. The molecule has 0 saturated carbocycles. The molecule has 0 saturated heterocycles. The van der Waals surface area contributed by atoms with E-state index in [9.17, 15) is 0 Å². The van der Waals surface area contributed by atoms with Crippen molar-refractivity contribution in [2.24, 2.45) is 0 Å². The van der Waals surface area contributed by atoms with Crippen molar-refractivity contribution in [2.45, 2.75) is 46.2 Å². The Morgan fingerprint density at radius 3 is 2.61 bits per heavy atom. The fourth-order valence-corrected chi connectivity index (χ4v) is 3.77. The summed E-state index contributed by atoms with van der Waals surface area (Å²) in [6.07, 6.45) is 1.09. The van der Waals surface area contributed by atoms with E-state index >= 15 is 0 Å². The molecule has 0 aromatic carbocycles. The van der Waals surface area contributed by atoms with Gasteiger partial charge in [0.2, 0.25) is 0 Å². The molecule has 2 aromatic heterocycles. The largest absolute Gasteiger partial charge is 0.306 e. The normalized spacial score (nSPS) is 14.7. The lowest BCUT2D eigenvalue weighted by Crippen LogP contribution is -2.30. The van der Waals surface area contributed by atoms with Gasteiger partial charge in [0.05, 0.1) is 10.7 Å². The second kappa shape index (κ2) is 5.95. The van der Waals surface area contributed by atoms with Crippen molar-refractivity contribution < 1.29 is 0 Å². The van der Waals surface area contributed by atoms with Gasteiger partial charge in [0.25, 0.3) is 0 Å². The van der Waals surface area contributed by atoms with E-state index < -0.39 is 0 Å². The van der Waals surface area contributed by atoms with Crippen molar-refractivity contribution in [1.82, 2.24) is 10.3 Å². The standard InChI is InChI=1S/C14H20N2S2/c1-9(7-13-6-5-10(2)18-13)15-11(3)14-8-17-12(4)16-14/h5-6,8-9,11,15H,7H2,1-4H3. The summed E-state index contributed by atoms with van der Waals surface area (Å²) in [6.45, 7) is 8.64. The summed E-state index contributed by atoms with van der Waals surface area (Å²) in [5.74, 6) is 0. The first kappa shape index (κ1) is 13.7. The Balaban J connectivity index is 1.89. The summed E-state index contributed by atoms with van der Waals surface area (Å²) in [7, 11) is 0. The summed E-state index contributed by atoms with van der Waals surface area (Å²) < 4.78 is 0. The van der Waals surface area contributed by atoms with Gasteiger partial charge < -0.3 is 5.32 Å². The van der Waals surface area contributed by atoms with Gasteiger partial charge >= 0.3 is 0 Å². The van der Waals surface area contributed by atoms with Gasteiger partial charge in [-0.1, -0.05) is 0 Å². The lowest BCUT2D eigenvalue weighted by molar-refractivity contribution is 0.473. The highest BCUT2D eigenvalue weighted by Gasteiger charge is 2.12. The Kier molecular flexibility index (Phi) is 4.54. The zero-order chi connectivity index (χ0) is 13.1. The van der Waals surface area contributed by atoms with Crippen LogP contribution in [-0.2, 0) is 6.42 Å². The van der Waals surface area contributed by atoms with Crippen LogP contribution in [0.1, 0.15) is 40.3 Å². The minimum Gasteiger partial charge on any atom is -0.306 e. The van der Waals surface area contributed by atoms with Crippen LogP contribution < -0.4 is 5.32 Å². The molecule has 2 heterocycles. The topological polar surface area (TPSA) is 24.9 Å². The molecule has 0 amide bonds. The van der Waals surface area contributed by atoms with Gasteiger partial charge in [0.15, 0.2) is 0 Å². The van der Waals surface area contributed by atoms with Gasteiger partial charge in [-0.25, -0.2) is 4.98 Å². The Morgan fingerprint density at radius 2 is 2.06 bits per heavy atom. The van der Waals surface area contributed by atoms with Gasteiger partial charge in [0, 0.05) is 27.2 Å². The first-order chi connectivity index (χ1) is 8.54. The van der Waals surface area contributed by atoms with Crippen LogP contribution in [-0.4, -0.2) is 11.0 Å². The predicted octanol–water partition coefficient (Wildman–Crippen LogP) is 4.10. The summed E-state index contributed by atoms with van der Waals surface area (Å²) in [5, 5.41) is 6.90. The highest BCUT2D eigenvalue weighted by Crippen LogP contribution is 2.19. The fraction of sp³-hybridized carbons (Fsp3) is 0.500. The van der Waals surface area contributed by atoms with Gasteiger partial charge in [-0.15, -0.1) is 22.7 Å². The molecule has 0 aliphatic carbocycles. The number of nitrogens with one attached hydrogen (secondary N) is 1. The molecule has 2 rings (SSSR count). The molecular formula is C14H20N2S2. The number of nitrogens with zero attached hydrogens (tertiary/aromatic N) is 1. The molecule has 0 spiro atoms. The Labute approximate surface area is 117 Å². The van der Waals surface area contributed by atoms with E-state index in [0.717, 1.165) is 17.1 Å². The Bertz CT molecular complexity index is 501. The molecule has 2 aromatic rings. The molecule has 1 N–H and O–H groups in total. The molecule has 18 heavy (non-hydrogen) atoms. The maximum Gasteiger partial charge on any atom is 0.0898 e. The average Bonchev–Trinajstić information content (AvgIpc) is 2.87. The lowest BCUT2D eigenvalue weighted by Gasteiger charge is -2.18. The van der Waals surface area contributed by atoms with Crippen LogP contribution in [0.5, 0.6) is 0 Å². The van der Waals surface area contributed by atoms with Gasteiger partial charge in [-0.05, 0) is 46.2 Å². The lowest BCUT2D eigenvalue weighted by atomic mass is 10.1. The highest BCUT2D eigenvalue weighted by molar-refractivity contribution is 7.11. The van der Waals surface area contributed by atoms with Crippen LogP contribution >= 0.6 is 22.7 Å². The molecule has 0 aliphatic heterocycles. The number of hydrogen-bond acceptors (Lipinski definition) is 4. The molecule has 2 atom stereocenters. The predicted molar refractivity (Wildman–Crippen MR) is 80.6 cm³/mol. The van der Waals surface area contributed by atoms with E-state index in [1.807, 2.05) is 11.3 Å². The SMILES string of the molecule is Cc1ccc(CC(C)NC(C)c2csc(C)n2)s1. The number of aromatic nitrogens is 1. The molecule has 0 aliphatic rings. The van der Waals surface area contributed by atoms with Crippen LogP contribution in [0, 0.1) is 13.8 Å². The van der Waals surface area contributed by atoms with E-state index in [1.165, 1.54) is 9.75 Å². The molecule has 98 valence electrons. The molecule has 0 fully saturated rings. The van der Waals surface area contributed by atoms with Crippen molar-refractivity contribution in [3.63, 3.8) is 0 Å². The summed E-state index contributed by atoms with van der Waals surface area (Å²) in [5.41, 5.74) is 1.16. The van der Waals surface area contributed by atoms with E-state index in [4.69, 9.17) is 0 Å². The first-order valence-corrected chi connectivity index (χ1v) is 7.97. The Morgan fingerprint density at radius 1 is 1.28 bits per heavy atom. The minimum atomic E-state index is 0.325. The van der Waals surface area contributed by atoms with Crippen LogP contribution in [0.4, 0.5) is 0 Å². The van der Waals surface area contributed by atoms with Gasteiger partial charge in [-0.3, -0.25) is 0 Å². The maximum atomic E-state index is 4.53. The quantitative estimate of drug-likeness (QED) is 0.892. The van der Waals surface area contributed by atoms with Gasteiger partial charge in [-0.2, -0.15) is 0 Å². The van der Waals surface area contributed by atoms with Crippen LogP contribution in [0.25, 0.3) is 0 Å². The second-order valence-corrected chi connectivity index (χ2v) is 7.23. The molecule has 2 unspecified atom stereocenters. The van der Waals surface area contributed by atoms with Crippen molar-refractivity contribution in [3.05, 3.63) is 38.0 Å². The first-order valence-electron chi connectivity index (χ1n) is 6.28. The van der Waals surface area contributed by atoms with Crippen LogP contribution in [0.15, 0.2) is 17.5 Å². The third kappa shape index (κ3) is 3.64. The zero-order valence-corrected chi connectivity index (χ0v) is 13.0. The summed E-state index contributed by atoms with van der Waals surface area (Å²) in [4.78, 5) is 7.38. The number of hydrogen-bond donors (Lipinski definition) is 1. The second-order valence-electron chi connectivity index (χ2n) is 4.80. The molecular weight excluding hydrogens is 260 g/mol. The van der Waals surface area contributed by atoms with E-state index in [-0.39, 0.29) is 0 Å². The number of rotatable bonds is 5. The molecule has 0 radical (unpaired) electrons. The molecule has 4 heteroatoms. The van der Waals surface area contributed by atoms with Gasteiger partial charge in [0.1, 0.15) is 0 Å². The van der Waals surface area contributed by atoms with E-state index in [2.05, 4.69) is 55.5 Å². The molecule has 0 bridgehead atoms. The maximum absolute atomic E-state index is 4.53. The van der Waals surface area contributed by atoms with Crippen LogP contribution in [0.2, 0.25) is 0 Å². The highest BCUT2D eigenvalue weighted by atomic mass is 32.1. The van der Waals surface area contributed by atoms with Crippen LogP contribution in [0.3, 0.4) is 0 Å². The molecule has 2 nitrogen and oxygen atoms in total. The van der Waals surface area contributed by atoms with Crippen molar-refractivity contribution in [3.8, 4) is 0 Å². The third-order valence-corrected chi connectivity index (χ3v) is 4.73. The number of thiazole rings is 1. The fourth-order valence-electron chi connectivity index (χ4n) is 2.05. The average molecular weight is 280 g/mol. The number of thiophene rings is 1. The smallest absolute Gasteiger partial charge is 0.0898 e. The van der Waals surface area contributed by atoms with Crippen molar-refractivity contribution in [1.29, 1.82) is 0 Å².